The maximum Gasteiger partial charge on any atom is 0.317 e. The number of likely N-dealkylation sites (tertiary alicyclic amines) is 1. The summed E-state index contributed by atoms with van der Waals surface area (Å²) in [6.45, 7) is 3.61. The molecule has 2 unspecified atom stereocenters. The summed E-state index contributed by atoms with van der Waals surface area (Å²) in [7, 11) is 0. The molecule has 0 aromatic heterocycles. The summed E-state index contributed by atoms with van der Waals surface area (Å²) >= 11 is 0. The number of hydrogen-bond acceptors (Lipinski definition) is 2. The van der Waals surface area contributed by atoms with Crippen LogP contribution in [0.15, 0.2) is 0 Å². The highest BCUT2D eigenvalue weighted by Gasteiger charge is 2.27. The zero-order valence-corrected chi connectivity index (χ0v) is 13.0. The first-order valence-electron chi connectivity index (χ1n) is 8.33. The number of urea groups is 1. The lowest BCUT2D eigenvalue weighted by Gasteiger charge is -2.34. The van der Waals surface area contributed by atoms with E-state index in [4.69, 9.17) is 5.11 Å². The average Bonchev–Trinajstić information content (AvgIpc) is 2.99. The average molecular weight is 296 g/mol. The summed E-state index contributed by atoms with van der Waals surface area (Å²) in [6.07, 6.45) is 7.92. The lowest BCUT2D eigenvalue weighted by molar-refractivity contribution is -0.137. The molecule has 21 heavy (non-hydrogen) atoms. The molecule has 1 heterocycles. The van der Waals surface area contributed by atoms with E-state index in [2.05, 4.69) is 12.2 Å². The van der Waals surface area contributed by atoms with Crippen molar-refractivity contribution in [2.24, 2.45) is 11.8 Å². The van der Waals surface area contributed by atoms with Gasteiger partial charge in [-0.05, 0) is 50.9 Å². The fourth-order valence-electron chi connectivity index (χ4n) is 3.67. The SMILES string of the molecule is CC(NC(=O)N1CCCC(CCC(=O)O)C1)C1CCCC1. The third kappa shape index (κ3) is 4.90. The molecule has 1 saturated carbocycles. The molecular weight excluding hydrogens is 268 g/mol. The molecule has 5 nitrogen and oxygen atoms in total. The van der Waals surface area contributed by atoms with Crippen molar-refractivity contribution in [3.05, 3.63) is 0 Å². The molecule has 2 N–H and O–H groups in total. The first kappa shape index (κ1) is 16.1. The lowest BCUT2D eigenvalue weighted by Crippen LogP contribution is -2.49. The Labute approximate surface area is 127 Å². The largest absolute Gasteiger partial charge is 0.481 e. The normalized spacial score (nSPS) is 24.8. The van der Waals surface area contributed by atoms with Crippen molar-refractivity contribution >= 4 is 12.0 Å². The minimum atomic E-state index is -0.744. The first-order chi connectivity index (χ1) is 10.1. The maximum atomic E-state index is 12.3. The standard InChI is InChI=1S/C16H28N2O3/c1-12(14-6-2-3-7-14)17-16(21)18-10-4-5-13(11-18)8-9-15(19)20/h12-14H,2-11H2,1H3,(H,17,21)(H,19,20). The molecule has 5 heteroatoms. The fraction of sp³-hybridized carbons (Fsp3) is 0.875. The Bertz CT molecular complexity index is 367. The summed E-state index contributed by atoms with van der Waals surface area (Å²) in [6, 6.07) is 0.286. The summed E-state index contributed by atoms with van der Waals surface area (Å²) in [5.41, 5.74) is 0. The molecule has 2 rings (SSSR count). The van der Waals surface area contributed by atoms with Crippen LogP contribution in [0.2, 0.25) is 0 Å². The second-order valence-electron chi connectivity index (χ2n) is 6.67. The van der Waals surface area contributed by atoms with Gasteiger partial charge < -0.3 is 15.3 Å². The first-order valence-corrected chi connectivity index (χ1v) is 8.33. The van der Waals surface area contributed by atoms with Crippen molar-refractivity contribution < 1.29 is 14.7 Å². The van der Waals surface area contributed by atoms with E-state index in [1.54, 1.807) is 0 Å². The third-order valence-corrected chi connectivity index (χ3v) is 5.03. The van der Waals surface area contributed by atoms with Crippen LogP contribution in [0.1, 0.15) is 58.3 Å². The van der Waals surface area contributed by atoms with E-state index in [9.17, 15) is 9.59 Å². The van der Waals surface area contributed by atoms with Gasteiger partial charge in [0.15, 0.2) is 0 Å². The highest BCUT2D eigenvalue weighted by Crippen LogP contribution is 2.28. The van der Waals surface area contributed by atoms with Gasteiger partial charge in [0.05, 0.1) is 0 Å². The van der Waals surface area contributed by atoms with Crippen LogP contribution in [-0.2, 0) is 4.79 Å². The molecule has 2 fully saturated rings. The molecule has 120 valence electrons. The molecule has 0 bridgehead atoms. The summed E-state index contributed by atoms with van der Waals surface area (Å²) in [4.78, 5) is 24.9. The number of carboxylic acid groups (broad SMARTS) is 1. The van der Waals surface area contributed by atoms with E-state index >= 15 is 0 Å². The molecular formula is C16H28N2O3. The van der Waals surface area contributed by atoms with E-state index in [0.29, 0.717) is 24.8 Å². The predicted molar refractivity (Wildman–Crippen MR) is 81.1 cm³/mol. The maximum absolute atomic E-state index is 12.3. The third-order valence-electron chi connectivity index (χ3n) is 5.03. The van der Waals surface area contributed by atoms with Crippen LogP contribution in [0.25, 0.3) is 0 Å². The van der Waals surface area contributed by atoms with Gasteiger partial charge in [-0.2, -0.15) is 0 Å². The van der Waals surface area contributed by atoms with Gasteiger partial charge in [-0.25, -0.2) is 4.79 Å². The van der Waals surface area contributed by atoms with Crippen molar-refractivity contribution in [3.63, 3.8) is 0 Å². The number of aliphatic carboxylic acids is 1. The topological polar surface area (TPSA) is 69.6 Å². The second-order valence-corrected chi connectivity index (χ2v) is 6.67. The van der Waals surface area contributed by atoms with Crippen molar-refractivity contribution in [1.29, 1.82) is 0 Å². The van der Waals surface area contributed by atoms with Crippen molar-refractivity contribution in [1.82, 2.24) is 10.2 Å². The molecule has 0 aromatic rings. The van der Waals surface area contributed by atoms with E-state index < -0.39 is 5.97 Å². The lowest BCUT2D eigenvalue weighted by atomic mass is 9.93. The van der Waals surface area contributed by atoms with E-state index in [0.717, 1.165) is 19.4 Å². The molecule has 2 aliphatic rings. The van der Waals surface area contributed by atoms with Gasteiger partial charge in [0.1, 0.15) is 0 Å². The Morgan fingerprint density at radius 3 is 2.62 bits per heavy atom. The van der Waals surface area contributed by atoms with Crippen LogP contribution in [0.5, 0.6) is 0 Å². The molecule has 0 radical (unpaired) electrons. The van der Waals surface area contributed by atoms with E-state index in [1.807, 2.05) is 4.90 Å². The Morgan fingerprint density at radius 2 is 1.95 bits per heavy atom. The minimum absolute atomic E-state index is 0.0365. The number of nitrogens with zero attached hydrogens (tertiary/aromatic N) is 1. The molecule has 0 spiro atoms. The second kappa shape index (κ2) is 7.66. The fourth-order valence-corrected chi connectivity index (χ4v) is 3.67. The van der Waals surface area contributed by atoms with E-state index in [-0.39, 0.29) is 18.5 Å². The molecule has 1 saturated heterocycles. The van der Waals surface area contributed by atoms with Crippen molar-refractivity contribution in [3.8, 4) is 0 Å². The van der Waals surface area contributed by atoms with Crippen molar-refractivity contribution in [2.75, 3.05) is 13.1 Å². The molecule has 2 atom stereocenters. The molecule has 0 aromatic carbocycles. The molecule has 1 aliphatic heterocycles. The predicted octanol–water partition coefficient (Wildman–Crippen LogP) is 2.85. The number of nitrogens with one attached hydrogen (secondary N) is 1. The smallest absolute Gasteiger partial charge is 0.317 e. The Balaban J connectivity index is 1.76. The van der Waals surface area contributed by atoms with Crippen LogP contribution in [0.4, 0.5) is 4.79 Å². The minimum Gasteiger partial charge on any atom is -0.481 e. The quantitative estimate of drug-likeness (QED) is 0.819. The van der Waals surface area contributed by atoms with Gasteiger partial charge in [-0.1, -0.05) is 12.8 Å². The van der Waals surface area contributed by atoms with E-state index in [1.165, 1.54) is 25.7 Å². The van der Waals surface area contributed by atoms with Crippen LogP contribution in [-0.4, -0.2) is 41.1 Å². The van der Waals surface area contributed by atoms with Crippen LogP contribution >= 0.6 is 0 Å². The van der Waals surface area contributed by atoms with Gasteiger partial charge in [-0.3, -0.25) is 4.79 Å². The number of piperidine rings is 1. The monoisotopic (exact) mass is 296 g/mol. The zero-order valence-electron chi connectivity index (χ0n) is 13.0. The number of hydrogen-bond donors (Lipinski definition) is 2. The van der Waals surface area contributed by atoms with Crippen LogP contribution in [0.3, 0.4) is 0 Å². The number of carboxylic acids is 1. The summed E-state index contributed by atoms with van der Waals surface area (Å²) in [5, 5.41) is 11.9. The Morgan fingerprint density at radius 1 is 1.24 bits per heavy atom. The number of amides is 2. The molecule has 2 amide bonds. The van der Waals surface area contributed by atoms with Crippen LogP contribution in [0, 0.1) is 11.8 Å². The number of carbonyl (C=O) groups excluding carboxylic acids is 1. The summed E-state index contributed by atoms with van der Waals surface area (Å²) in [5.74, 6) is 0.218. The zero-order chi connectivity index (χ0) is 15.2. The number of rotatable bonds is 5. The highest BCUT2D eigenvalue weighted by atomic mass is 16.4. The van der Waals surface area contributed by atoms with Gasteiger partial charge in [0.25, 0.3) is 0 Å². The van der Waals surface area contributed by atoms with Gasteiger partial charge in [0, 0.05) is 25.6 Å². The van der Waals surface area contributed by atoms with Gasteiger partial charge in [-0.15, -0.1) is 0 Å². The summed E-state index contributed by atoms with van der Waals surface area (Å²) < 4.78 is 0. The Hall–Kier alpha value is -1.26. The number of carbonyl (C=O) groups is 2. The van der Waals surface area contributed by atoms with Crippen LogP contribution < -0.4 is 5.32 Å². The highest BCUT2D eigenvalue weighted by molar-refractivity contribution is 5.74. The Kier molecular flexibility index (Phi) is 5.88. The van der Waals surface area contributed by atoms with Gasteiger partial charge >= 0.3 is 12.0 Å². The van der Waals surface area contributed by atoms with Crippen molar-refractivity contribution in [2.45, 2.75) is 64.3 Å². The van der Waals surface area contributed by atoms with Gasteiger partial charge in [0.2, 0.25) is 0 Å². The molecule has 1 aliphatic carbocycles.